The molecule has 5 nitrogen and oxygen atoms in total. The molecular formula is C17H23FN2O3. The van der Waals surface area contributed by atoms with E-state index in [9.17, 15) is 14.0 Å². The van der Waals surface area contributed by atoms with Crippen LogP contribution in [-0.4, -0.2) is 30.6 Å². The van der Waals surface area contributed by atoms with Crippen LogP contribution in [0.25, 0.3) is 0 Å². The Kier molecular flexibility index (Phi) is 4.48. The Morgan fingerprint density at radius 2 is 1.96 bits per heavy atom. The molecule has 0 radical (unpaired) electrons. The molecule has 1 fully saturated rings. The molecule has 1 aromatic rings. The molecule has 0 heterocycles. The molecule has 0 aromatic heterocycles. The van der Waals surface area contributed by atoms with Crippen molar-refractivity contribution in [1.29, 1.82) is 0 Å². The first-order valence-corrected chi connectivity index (χ1v) is 7.54. The largest absolute Gasteiger partial charge is 0.378 e. The topological polar surface area (TPSA) is 67.4 Å². The van der Waals surface area contributed by atoms with Gasteiger partial charge in [0.05, 0.1) is 11.2 Å². The van der Waals surface area contributed by atoms with Crippen LogP contribution in [0.1, 0.15) is 44.5 Å². The van der Waals surface area contributed by atoms with Gasteiger partial charge in [-0.2, -0.15) is 0 Å². The number of hydrogen-bond donors (Lipinski definition) is 2. The van der Waals surface area contributed by atoms with E-state index in [-0.39, 0.29) is 28.5 Å². The Morgan fingerprint density at radius 1 is 1.30 bits per heavy atom. The van der Waals surface area contributed by atoms with Gasteiger partial charge in [-0.25, -0.2) is 4.39 Å². The number of halogens is 1. The van der Waals surface area contributed by atoms with Gasteiger partial charge in [0.2, 0.25) is 5.91 Å². The van der Waals surface area contributed by atoms with Crippen LogP contribution in [0.4, 0.5) is 10.1 Å². The number of nitrogens with one attached hydrogen (secondary N) is 2. The fourth-order valence-corrected chi connectivity index (χ4v) is 2.94. The highest BCUT2D eigenvalue weighted by molar-refractivity contribution is 5.97. The first-order chi connectivity index (χ1) is 10.6. The number of amides is 2. The molecular weight excluding hydrogens is 299 g/mol. The van der Waals surface area contributed by atoms with E-state index in [4.69, 9.17) is 4.74 Å². The second-order valence-corrected chi connectivity index (χ2v) is 6.76. The maximum absolute atomic E-state index is 13.9. The summed E-state index contributed by atoms with van der Waals surface area (Å²) >= 11 is 0. The third-order valence-electron chi connectivity index (χ3n) is 5.12. The second kappa shape index (κ2) is 5.92. The van der Waals surface area contributed by atoms with Crippen molar-refractivity contribution in [3.05, 3.63) is 29.6 Å². The number of carbonyl (C=O) groups is 2. The Bertz CT molecular complexity index is 645. The molecule has 23 heavy (non-hydrogen) atoms. The Hall–Kier alpha value is -1.95. The molecule has 1 aromatic carbocycles. The van der Waals surface area contributed by atoms with Crippen LogP contribution in [-0.2, 0) is 9.53 Å². The number of benzene rings is 1. The van der Waals surface area contributed by atoms with Gasteiger partial charge in [0.25, 0.3) is 5.91 Å². The lowest BCUT2D eigenvalue weighted by molar-refractivity contribution is -0.177. The minimum Gasteiger partial charge on any atom is -0.378 e. The number of methoxy groups -OCH3 is 1. The molecule has 126 valence electrons. The van der Waals surface area contributed by atoms with Gasteiger partial charge in [0.15, 0.2) is 0 Å². The van der Waals surface area contributed by atoms with Crippen molar-refractivity contribution in [3.63, 3.8) is 0 Å². The molecule has 0 aliphatic heterocycles. The highest BCUT2D eigenvalue weighted by Crippen LogP contribution is 2.51. The van der Waals surface area contributed by atoms with Crippen LogP contribution in [0.5, 0.6) is 0 Å². The summed E-state index contributed by atoms with van der Waals surface area (Å²) in [5, 5.41) is 5.40. The molecule has 2 N–H and O–H groups in total. The predicted octanol–water partition coefficient (Wildman–Crippen LogP) is 2.72. The fraction of sp³-hybridized carbons (Fsp3) is 0.529. The third kappa shape index (κ3) is 3.08. The Morgan fingerprint density at radius 3 is 2.48 bits per heavy atom. The summed E-state index contributed by atoms with van der Waals surface area (Å²) in [5.74, 6) is -1.40. The van der Waals surface area contributed by atoms with Crippen LogP contribution < -0.4 is 10.6 Å². The van der Waals surface area contributed by atoms with Gasteiger partial charge in [-0.15, -0.1) is 0 Å². The summed E-state index contributed by atoms with van der Waals surface area (Å²) < 4.78 is 19.5. The van der Waals surface area contributed by atoms with E-state index >= 15 is 0 Å². The number of carbonyl (C=O) groups excluding carboxylic acids is 2. The molecule has 0 saturated heterocycles. The highest BCUT2D eigenvalue weighted by Gasteiger charge is 2.58. The lowest BCUT2D eigenvalue weighted by atomic mass is 9.56. The average molecular weight is 322 g/mol. The normalized spacial score (nSPS) is 25.4. The SMILES string of the molecule is COC1(C)CC(NC(=O)c2cc(NC(C)=O)ccc2F)C1(C)C. The summed E-state index contributed by atoms with van der Waals surface area (Å²) in [6.07, 6.45) is 0.662. The second-order valence-electron chi connectivity index (χ2n) is 6.76. The van der Waals surface area contributed by atoms with Crippen molar-refractivity contribution < 1.29 is 18.7 Å². The highest BCUT2D eigenvalue weighted by atomic mass is 19.1. The van der Waals surface area contributed by atoms with E-state index in [0.717, 1.165) is 0 Å². The van der Waals surface area contributed by atoms with E-state index in [0.29, 0.717) is 12.1 Å². The van der Waals surface area contributed by atoms with E-state index < -0.39 is 11.7 Å². The summed E-state index contributed by atoms with van der Waals surface area (Å²) in [7, 11) is 1.65. The average Bonchev–Trinajstić information content (AvgIpc) is 2.47. The number of rotatable bonds is 4. The van der Waals surface area contributed by atoms with Gasteiger partial charge >= 0.3 is 0 Å². The van der Waals surface area contributed by atoms with Crippen molar-refractivity contribution in [2.24, 2.45) is 5.41 Å². The van der Waals surface area contributed by atoms with Crippen molar-refractivity contribution in [1.82, 2.24) is 5.32 Å². The lowest BCUT2D eigenvalue weighted by Crippen LogP contribution is -2.68. The smallest absolute Gasteiger partial charge is 0.254 e. The maximum Gasteiger partial charge on any atom is 0.254 e. The van der Waals surface area contributed by atoms with E-state index in [1.807, 2.05) is 20.8 Å². The minimum absolute atomic E-state index is 0.0851. The summed E-state index contributed by atoms with van der Waals surface area (Å²) in [4.78, 5) is 23.5. The molecule has 0 bridgehead atoms. The number of hydrogen-bond acceptors (Lipinski definition) is 3. The molecule has 2 rings (SSSR count). The van der Waals surface area contributed by atoms with Crippen LogP contribution in [0.2, 0.25) is 0 Å². The predicted molar refractivity (Wildman–Crippen MR) is 85.8 cm³/mol. The van der Waals surface area contributed by atoms with Gasteiger partial charge in [0.1, 0.15) is 5.82 Å². The van der Waals surface area contributed by atoms with Crippen LogP contribution in [0.15, 0.2) is 18.2 Å². The third-order valence-corrected chi connectivity index (χ3v) is 5.12. The summed E-state index contributed by atoms with van der Waals surface area (Å²) in [6, 6.07) is 3.82. The molecule has 2 unspecified atom stereocenters. The van der Waals surface area contributed by atoms with E-state index in [2.05, 4.69) is 10.6 Å². The van der Waals surface area contributed by atoms with Gasteiger partial charge in [-0.3, -0.25) is 9.59 Å². The summed E-state index contributed by atoms with van der Waals surface area (Å²) in [6.45, 7) is 7.36. The molecule has 6 heteroatoms. The first kappa shape index (κ1) is 17.4. The maximum atomic E-state index is 13.9. The van der Waals surface area contributed by atoms with E-state index in [1.165, 1.54) is 25.1 Å². The van der Waals surface area contributed by atoms with Crippen LogP contribution in [0, 0.1) is 11.2 Å². The van der Waals surface area contributed by atoms with Crippen LogP contribution >= 0.6 is 0 Å². The van der Waals surface area contributed by atoms with Gasteiger partial charge in [0, 0.05) is 31.2 Å². The molecule has 1 saturated carbocycles. The van der Waals surface area contributed by atoms with Crippen molar-refractivity contribution in [3.8, 4) is 0 Å². The lowest BCUT2D eigenvalue weighted by Gasteiger charge is -2.59. The monoisotopic (exact) mass is 322 g/mol. The molecule has 1 aliphatic rings. The molecule has 2 amide bonds. The van der Waals surface area contributed by atoms with Crippen molar-refractivity contribution in [2.45, 2.75) is 45.8 Å². The van der Waals surface area contributed by atoms with Gasteiger partial charge < -0.3 is 15.4 Å². The van der Waals surface area contributed by atoms with E-state index in [1.54, 1.807) is 7.11 Å². The quantitative estimate of drug-likeness (QED) is 0.895. The van der Waals surface area contributed by atoms with Crippen molar-refractivity contribution >= 4 is 17.5 Å². The standard InChI is InChI=1S/C17H23FN2O3/c1-10(21)19-11-6-7-13(18)12(8-11)15(22)20-14-9-17(4,23-5)16(14,2)3/h6-8,14H,9H2,1-5H3,(H,19,21)(H,20,22). The zero-order chi connectivity index (χ0) is 17.4. The van der Waals surface area contributed by atoms with Gasteiger partial charge in [-0.1, -0.05) is 13.8 Å². The van der Waals surface area contributed by atoms with Crippen molar-refractivity contribution in [2.75, 3.05) is 12.4 Å². The molecule has 0 spiro atoms. The Labute approximate surface area is 135 Å². The summed E-state index contributed by atoms with van der Waals surface area (Å²) in [5.41, 5.74) is -0.276. The minimum atomic E-state index is -0.622. The molecule has 2 atom stereocenters. The number of ether oxygens (including phenoxy) is 1. The first-order valence-electron chi connectivity index (χ1n) is 7.54. The zero-order valence-corrected chi connectivity index (χ0v) is 14.1. The molecule has 1 aliphatic carbocycles. The van der Waals surface area contributed by atoms with Crippen LogP contribution in [0.3, 0.4) is 0 Å². The zero-order valence-electron chi connectivity index (χ0n) is 14.1. The number of anilines is 1. The fourth-order valence-electron chi connectivity index (χ4n) is 2.94. The Balaban J connectivity index is 2.14. The van der Waals surface area contributed by atoms with Gasteiger partial charge in [-0.05, 0) is 31.5 Å².